The first kappa shape index (κ1) is 15.9. The summed E-state index contributed by atoms with van der Waals surface area (Å²) in [6.07, 6.45) is 1.54. The van der Waals surface area contributed by atoms with Crippen molar-refractivity contribution < 1.29 is 13.6 Å². The number of fused-ring (bicyclic) bond motifs is 1. The van der Waals surface area contributed by atoms with Crippen molar-refractivity contribution in [3.05, 3.63) is 35.4 Å². The number of benzene rings is 1. The highest BCUT2D eigenvalue weighted by molar-refractivity contribution is 5.84. The Morgan fingerprint density at radius 2 is 2.05 bits per heavy atom. The fraction of sp³-hybridized carbons (Fsp3) is 0.562. The predicted octanol–water partition coefficient (Wildman–Crippen LogP) is 3.52. The first-order valence-corrected chi connectivity index (χ1v) is 7.00. The monoisotopic (exact) mass is 296 g/mol. The predicted molar refractivity (Wildman–Crippen MR) is 77.3 cm³/mol. The van der Waals surface area contributed by atoms with Crippen molar-refractivity contribution in [2.75, 3.05) is 13.1 Å². The summed E-state index contributed by atoms with van der Waals surface area (Å²) in [6.45, 7) is 5.47. The van der Waals surface area contributed by atoms with Crippen molar-refractivity contribution in [3.8, 4) is 0 Å². The molecule has 0 spiro atoms. The van der Waals surface area contributed by atoms with E-state index in [1.54, 1.807) is 11.1 Å². The van der Waals surface area contributed by atoms with Crippen molar-refractivity contribution in [3.63, 3.8) is 0 Å². The molecule has 1 aromatic rings. The maximum absolute atomic E-state index is 13.4. The van der Waals surface area contributed by atoms with Crippen LogP contribution in [0.5, 0.6) is 0 Å². The summed E-state index contributed by atoms with van der Waals surface area (Å²) >= 11 is 0. The first-order valence-electron chi connectivity index (χ1n) is 7.00. The zero-order valence-electron chi connectivity index (χ0n) is 11.7. The Bertz CT molecular complexity index is 563. The number of nitrogens with zero attached hydrogens (tertiary/aromatic N) is 2. The highest BCUT2D eigenvalue weighted by Gasteiger charge is 2.51. The topological polar surface area (TPSA) is 23.6 Å². The molecule has 2 saturated heterocycles. The second-order valence-corrected chi connectivity index (χ2v) is 5.93. The molecule has 1 aromatic carbocycles. The van der Waals surface area contributed by atoms with E-state index in [0.29, 0.717) is 12.1 Å². The van der Waals surface area contributed by atoms with Crippen molar-refractivity contribution in [2.45, 2.75) is 40.2 Å². The Kier molecular flexibility index (Phi) is 4.06. The van der Waals surface area contributed by atoms with Crippen LogP contribution in [0, 0.1) is 17.0 Å². The molecule has 2 fully saturated rings. The molecular weight excluding hydrogens is 274 g/mol. The molecule has 21 heavy (non-hydrogen) atoms. The van der Waals surface area contributed by atoms with Crippen LogP contribution in [-0.2, 0) is 4.79 Å². The highest BCUT2D eigenvalue weighted by Crippen LogP contribution is 2.43. The molecule has 1 amide bonds. The van der Waals surface area contributed by atoms with Gasteiger partial charge in [0.2, 0.25) is 5.91 Å². The summed E-state index contributed by atoms with van der Waals surface area (Å²) < 4.78 is 26.4. The van der Waals surface area contributed by atoms with E-state index < -0.39 is 11.6 Å². The second kappa shape index (κ2) is 5.37. The third-order valence-corrected chi connectivity index (χ3v) is 4.63. The van der Waals surface area contributed by atoms with E-state index in [0.717, 1.165) is 25.5 Å². The second-order valence-electron chi connectivity index (χ2n) is 5.93. The summed E-state index contributed by atoms with van der Waals surface area (Å²) in [4.78, 5) is 12.6. The molecule has 0 saturated carbocycles. The molecule has 2 unspecified atom stereocenters. The van der Waals surface area contributed by atoms with Gasteiger partial charge >= 0.3 is 0 Å². The van der Waals surface area contributed by atoms with Gasteiger partial charge in [0.1, 0.15) is 0 Å². The van der Waals surface area contributed by atoms with Crippen LogP contribution in [0.15, 0.2) is 18.2 Å². The number of carbonyl (C=O) groups excluding carboxylic acids is 1. The summed E-state index contributed by atoms with van der Waals surface area (Å²) in [5, 5.41) is 3.79. The van der Waals surface area contributed by atoms with Gasteiger partial charge in [-0.15, -0.1) is 0 Å². The van der Waals surface area contributed by atoms with Crippen molar-refractivity contribution in [1.29, 1.82) is 0 Å². The Morgan fingerprint density at radius 1 is 1.33 bits per heavy atom. The third-order valence-electron chi connectivity index (χ3n) is 4.63. The lowest BCUT2D eigenvalue weighted by Gasteiger charge is -2.26. The normalized spacial score (nSPS) is 28.7. The molecular formula is C16H22F2N2O. The van der Waals surface area contributed by atoms with E-state index in [4.69, 9.17) is 0 Å². The number of carbonyl (C=O) groups is 1. The minimum Gasteiger partial charge on any atom is -0.273 e. The smallest absolute Gasteiger partial charge is 0.244 e. The molecule has 2 atom stereocenters. The van der Waals surface area contributed by atoms with Gasteiger partial charge in [-0.3, -0.25) is 9.80 Å². The molecule has 116 valence electrons. The number of rotatable bonds is 2. The number of amides is 1. The van der Waals surface area contributed by atoms with Crippen molar-refractivity contribution in [1.82, 2.24) is 10.0 Å². The van der Waals surface area contributed by atoms with E-state index in [1.165, 1.54) is 6.07 Å². The van der Waals surface area contributed by atoms with Crippen LogP contribution < -0.4 is 0 Å². The van der Waals surface area contributed by atoms with Crippen LogP contribution in [0.1, 0.15) is 45.7 Å². The Labute approximate surface area is 124 Å². The van der Waals surface area contributed by atoms with Gasteiger partial charge < -0.3 is 0 Å². The van der Waals surface area contributed by atoms with Gasteiger partial charge in [-0.25, -0.2) is 13.8 Å². The summed E-state index contributed by atoms with van der Waals surface area (Å²) in [6, 6.07) is 3.73. The van der Waals surface area contributed by atoms with Crippen LogP contribution in [0.3, 0.4) is 0 Å². The fourth-order valence-corrected chi connectivity index (χ4v) is 3.16. The number of halogens is 2. The summed E-state index contributed by atoms with van der Waals surface area (Å²) in [7, 11) is 0. The average Bonchev–Trinajstić information content (AvgIpc) is 2.93. The minimum absolute atomic E-state index is 0. The standard InChI is InChI=1S/C15H18F2N2O.CH4/c1-3-15(2)9-18-7-6-13(19(18)14(15)20)10-4-5-11(16)12(17)8-10;/h4-5,8,13H,3,6-7,9H2,1-2H3;1H4. The molecule has 5 heteroatoms. The van der Waals surface area contributed by atoms with E-state index in [1.807, 2.05) is 18.9 Å². The van der Waals surface area contributed by atoms with Gasteiger partial charge in [0.15, 0.2) is 11.6 Å². The average molecular weight is 296 g/mol. The van der Waals surface area contributed by atoms with Crippen LogP contribution in [0.25, 0.3) is 0 Å². The van der Waals surface area contributed by atoms with Crippen LogP contribution in [0.4, 0.5) is 8.78 Å². The van der Waals surface area contributed by atoms with E-state index >= 15 is 0 Å². The molecule has 2 aliphatic rings. The van der Waals surface area contributed by atoms with Gasteiger partial charge in [-0.05, 0) is 37.5 Å². The first-order chi connectivity index (χ1) is 9.46. The number of hydrogen-bond donors (Lipinski definition) is 0. The molecule has 3 rings (SSSR count). The van der Waals surface area contributed by atoms with E-state index in [9.17, 15) is 13.6 Å². The summed E-state index contributed by atoms with van der Waals surface area (Å²) in [5.41, 5.74) is 0.303. The third kappa shape index (κ3) is 2.33. The van der Waals surface area contributed by atoms with Crippen molar-refractivity contribution in [2.24, 2.45) is 5.41 Å². The molecule has 2 aliphatic heterocycles. The lowest BCUT2D eigenvalue weighted by atomic mass is 9.87. The maximum Gasteiger partial charge on any atom is 0.244 e. The van der Waals surface area contributed by atoms with E-state index in [2.05, 4.69) is 0 Å². The Morgan fingerprint density at radius 3 is 2.67 bits per heavy atom. The van der Waals surface area contributed by atoms with Gasteiger partial charge in [0.05, 0.1) is 11.5 Å². The van der Waals surface area contributed by atoms with Gasteiger partial charge in [-0.1, -0.05) is 20.4 Å². The zero-order valence-corrected chi connectivity index (χ0v) is 11.7. The Balaban J connectivity index is 0.00000161. The largest absolute Gasteiger partial charge is 0.273 e. The SMILES string of the molecule is C.CCC1(C)CN2CCC(c3ccc(F)c(F)c3)N2C1=O. The summed E-state index contributed by atoms with van der Waals surface area (Å²) in [5.74, 6) is -1.62. The molecule has 0 bridgehead atoms. The maximum atomic E-state index is 13.4. The fourth-order valence-electron chi connectivity index (χ4n) is 3.16. The lowest BCUT2D eigenvalue weighted by Crippen LogP contribution is -2.36. The van der Waals surface area contributed by atoms with Gasteiger partial charge in [0.25, 0.3) is 0 Å². The minimum atomic E-state index is -0.856. The van der Waals surface area contributed by atoms with E-state index in [-0.39, 0.29) is 24.8 Å². The quantitative estimate of drug-likeness (QED) is 0.833. The molecule has 0 aromatic heterocycles. The van der Waals surface area contributed by atoms with Crippen LogP contribution in [-0.4, -0.2) is 29.0 Å². The van der Waals surface area contributed by atoms with Gasteiger partial charge in [0, 0.05) is 13.1 Å². The molecule has 0 radical (unpaired) electrons. The van der Waals surface area contributed by atoms with Crippen LogP contribution >= 0.6 is 0 Å². The van der Waals surface area contributed by atoms with Crippen LogP contribution in [0.2, 0.25) is 0 Å². The van der Waals surface area contributed by atoms with Gasteiger partial charge in [-0.2, -0.15) is 0 Å². The number of hydrazine groups is 1. The highest BCUT2D eigenvalue weighted by atomic mass is 19.2. The molecule has 3 nitrogen and oxygen atoms in total. The Hall–Kier alpha value is -1.49. The molecule has 0 N–H and O–H groups in total. The molecule has 0 aliphatic carbocycles. The lowest BCUT2D eigenvalue weighted by molar-refractivity contribution is -0.142. The number of hydrogen-bond acceptors (Lipinski definition) is 2. The van der Waals surface area contributed by atoms with Crippen molar-refractivity contribution >= 4 is 5.91 Å². The molecule has 2 heterocycles. The zero-order chi connectivity index (χ0) is 14.5.